The lowest BCUT2D eigenvalue weighted by Gasteiger charge is -2.27. The van der Waals surface area contributed by atoms with Crippen molar-refractivity contribution < 1.29 is 4.74 Å². The van der Waals surface area contributed by atoms with Crippen LogP contribution < -0.4 is 4.74 Å². The van der Waals surface area contributed by atoms with Crippen LogP contribution >= 0.6 is 27.5 Å². The first-order chi connectivity index (χ1) is 6.86. The number of ether oxygens (including phenoxy) is 1. The van der Waals surface area contributed by atoms with E-state index in [9.17, 15) is 0 Å². The van der Waals surface area contributed by atoms with Crippen LogP contribution in [0.3, 0.4) is 0 Å². The molecule has 0 aliphatic carbocycles. The molecule has 0 aromatic heterocycles. The van der Waals surface area contributed by atoms with E-state index in [0.29, 0.717) is 0 Å². The summed E-state index contributed by atoms with van der Waals surface area (Å²) in [5.74, 6) is 0.871. The lowest BCUT2D eigenvalue weighted by Crippen LogP contribution is -2.13. The summed E-state index contributed by atoms with van der Waals surface area (Å²) >= 11 is 9.69. The molecule has 1 atom stereocenters. The Morgan fingerprint density at radius 3 is 2.40 bits per heavy atom. The van der Waals surface area contributed by atoms with Crippen molar-refractivity contribution in [2.24, 2.45) is 5.41 Å². The second-order valence-electron chi connectivity index (χ2n) is 4.61. The molecule has 0 saturated heterocycles. The Hall–Kier alpha value is -0.210. The quantitative estimate of drug-likeness (QED) is 0.709. The van der Waals surface area contributed by atoms with Gasteiger partial charge in [0.25, 0.3) is 0 Å². The zero-order valence-electron chi connectivity index (χ0n) is 9.47. The van der Waals surface area contributed by atoms with E-state index in [1.165, 1.54) is 0 Å². The van der Waals surface area contributed by atoms with Gasteiger partial charge in [0, 0.05) is 15.4 Å². The minimum atomic E-state index is 0.123. The van der Waals surface area contributed by atoms with Crippen LogP contribution in [-0.2, 0) is 0 Å². The van der Waals surface area contributed by atoms with E-state index in [-0.39, 0.29) is 10.2 Å². The highest BCUT2D eigenvalue weighted by Gasteiger charge is 2.26. The molecule has 84 valence electrons. The molecule has 0 radical (unpaired) electrons. The Kier molecular flexibility index (Phi) is 4.07. The van der Waals surface area contributed by atoms with Crippen molar-refractivity contribution in [3.8, 4) is 5.75 Å². The summed E-state index contributed by atoms with van der Waals surface area (Å²) in [6.45, 7) is 6.52. The van der Waals surface area contributed by atoms with Crippen LogP contribution in [0.2, 0.25) is 5.02 Å². The fourth-order valence-corrected chi connectivity index (χ4v) is 1.91. The van der Waals surface area contributed by atoms with Crippen LogP contribution in [0.25, 0.3) is 0 Å². The maximum absolute atomic E-state index is 5.99. The van der Waals surface area contributed by atoms with E-state index in [2.05, 4.69) is 36.7 Å². The number of methoxy groups -OCH3 is 1. The van der Waals surface area contributed by atoms with E-state index >= 15 is 0 Å². The van der Waals surface area contributed by atoms with E-state index in [1.54, 1.807) is 7.11 Å². The molecule has 0 bridgehead atoms. The van der Waals surface area contributed by atoms with Crippen LogP contribution in [0.4, 0.5) is 0 Å². The summed E-state index contributed by atoms with van der Waals surface area (Å²) in [4.78, 5) is 0.221. The molecule has 1 nitrogen and oxygen atoms in total. The highest BCUT2D eigenvalue weighted by Crippen LogP contribution is 2.44. The number of benzene rings is 1. The van der Waals surface area contributed by atoms with Crippen LogP contribution in [0.5, 0.6) is 5.75 Å². The molecule has 3 heteroatoms. The number of rotatable bonds is 2. The third-order valence-corrected chi connectivity index (χ3v) is 4.33. The Bertz CT molecular complexity index is 344. The van der Waals surface area contributed by atoms with Crippen LogP contribution in [-0.4, -0.2) is 7.11 Å². The van der Waals surface area contributed by atoms with E-state index < -0.39 is 0 Å². The Balaban J connectivity index is 3.17. The zero-order chi connectivity index (χ0) is 11.6. The summed E-state index contributed by atoms with van der Waals surface area (Å²) in [5.41, 5.74) is 1.22. The molecule has 1 aromatic carbocycles. The van der Waals surface area contributed by atoms with Gasteiger partial charge in [0.2, 0.25) is 0 Å². The molecule has 0 heterocycles. The molecule has 1 unspecified atom stereocenters. The molecule has 0 saturated carbocycles. The fraction of sp³-hybridized carbons (Fsp3) is 0.500. The first-order valence-electron chi connectivity index (χ1n) is 4.83. The first kappa shape index (κ1) is 12.9. The van der Waals surface area contributed by atoms with Gasteiger partial charge in [0.15, 0.2) is 0 Å². The van der Waals surface area contributed by atoms with Gasteiger partial charge < -0.3 is 4.74 Å². The summed E-state index contributed by atoms with van der Waals surface area (Å²) in [6, 6.07) is 5.69. The number of hydrogen-bond donors (Lipinski definition) is 0. The van der Waals surface area contributed by atoms with Gasteiger partial charge in [0.05, 0.1) is 7.11 Å². The largest absolute Gasteiger partial charge is 0.496 e. The van der Waals surface area contributed by atoms with Crippen molar-refractivity contribution in [3.05, 3.63) is 28.8 Å². The molecule has 0 N–H and O–H groups in total. The highest BCUT2D eigenvalue weighted by molar-refractivity contribution is 9.09. The molecular formula is C12H16BrClO. The number of alkyl halides is 1. The smallest absolute Gasteiger partial charge is 0.123 e. The van der Waals surface area contributed by atoms with Crippen molar-refractivity contribution in [2.75, 3.05) is 7.11 Å². The lowest BCUT2D eigenvalue weighted by molar-refractivity contribution is 0.376. The van der Waals surface area contributed by atoms with Gasteiger partial charge in [0.1, 0.15) is 5.75 Å². The minimum absolute atomic E-state index is 0.123. The summed E-state index contributed by atoms with van der Waals surface area (Å²) in [7, 11) is 1.68. The molecule has 0 aliphatic heterocycles. The predicted molar refractivity (Wildman–Crippen MR) is 69.1 cm³/mol. The van der Waals surface area contributed by atoms with Gasteiger partial charge >= 0.3 is 0 Å². The van der Waals surface area contributed by atoms with Crippen LogP contribution in [0.1, 0.15) is 31.2 Å². The average molecular weight is 292 g/mol. The van der Waals surface area contributed by atoms with E-state index in [0.717, 1.165) is 16.3 Å². The fourth-order valence-electron chi connectivity index (χ4n) is 1.37. The molecule has 0 amide bonds. The highest BCUT2D eigenvalue weighted by atomic mass is 79.9. The zero-order valence-corrected chi connectivity index (χ0v) is 11.8. The first-order valence-corrected chi connectivity index (χ1v) is 6.13. The van der Waals surface area contributed by atoms with Crippen LogP contribution in [0, 0.1) is 5.41 Å². The van der Waals surface area contributed by atoms with Gasteiger partial charge in [-0.1, -0.05) is 48.3 Å². The molecule has 0 aliphatic rings. The monoisotopic (exact) mass is 290 g/mol. The van der Waals surface area contributed by atoms with E-state index in [1.807, 2.05) is 18.2 Å². The summed E-state index contributed by atoms with van der Waals surface area (Å²) in [5, 5.41) is 0.736. The van der Waals surface area contributed by atoms with Crippen LogP contribution in [0.15, 0.2) is 18.2 Å². The van der Waals surface area contributed by atoms with Crippen molar-refractivity contribution >= 4 is 27.5 Å². The lowest BCUT2D eigenvalue weighted by atomic mass is 9.87. The minimum Gasteiger partial charge on any atom is -0.496 e. The normalized spacial score (nSPS) is 13.7. The van der Waals surface area contributed by atoms with Gasteiger partial charge in [-0.3, -0.25) is 0 Å². The molecular weight excluding hydrogens is 275 g/mol. The third kappa shape index (κ3) is 3.12. The Labute approximate surface area is 105 Å². The van der Waals surface area contributed by atoms with Crippen molar-refractivity contribution in [1.82, 2.24) is 0 Å². The second-order valence-corrected chi connectivity index (χ2v) is 5.97. The van der Waals surface area contributed by atoms with E-state index in [4.69, 9.17) is 16.3 Å². The summed E-state index contributed by atoms with van der Waals surface area (Å²) < 4.78 is 5.33. The van der Waals surface area contributed by atoms with Gasteiger partial charge in [-0.05, 0) is 23.6 Å². The summed E-state index contributed by atoms with van der Waals surface area (Å²) in [6.07, 6.45) is 0. The Morgan fingerprint density at radius 1 is 1.33 bits per heavy atom. The third-order valence-electron chi connectivity index (χ3n) is 2.23. The predicted octanol–water partition coefficient (Wildman–Crippen LogP) is 4.83. The number of halogens is 2. The Morgan fingerprint density at radius 2 is 1.93 bits per heavy atom. The molecule has 0 fully saturated rings. The molecule has 15 heavy (non-hydrogen) atoms. The topological polar surface area (TPSA) is 9.23 Å². The molecule has 1 rings (SSSR count). The average Bonchev–Trinajstić information content (AvgIpc) is 2.15. The number of hydrogen-bond acceptors (Lipinski definition) is 1. The van der Waals surface area contributed by atoms with Crippen molar-refractivity contribution in [3.63, 3.8) is 0 Å². The molecule has 1 aromatic rings. The maximum atomic E-state index is 5.99. The van der Waals surface area contributed by atoms with Crippen molar-refractivity contribution in [2.45, 2.75) is 25.6 Å². The van der Waals surface area contributed by atoms with Gasteiger partial charge in [-0.15, -0.1) is 0 Å². The van der Waals surface area contributed by atoms with Gasteiger partial charge in [-0.25, -0.2) is 0 Å². The molecule has 0 spiro atoms. The second kappa shape index (κ2) is 4.75. The standard InChI is InChI=1S/C12H16BrClO/c1-12(2,3)11(13)9-7-8(14)5-6-10(9)15-4/h5-7,11H,1-4H3. The maximum Gasteiger partial charge on any atom is 0.123 e. The van der Waals surface area contributed by atoms with Gasteiger partial charge in [-0.2, -0.15) is 0 Å². The van der Waals surface area contributed by atoms with Crippen molar-refractivity contribution in [1.29, 1.82) is 0 Å². The SMILES string of the molecule is COc1ccc(Cl)cc1C(Br)C(C)(C)C.